The van der Waals surface area contributed by atoms with Gasteiger partial charge in [-0.2, -0.15) is 0 Å². The summed E-state index contributed by atoms with van der Waals surface area (Å²) < 4.78 is 6.84. The van der Waals surface area contributed by atoms with Gasteiger partial charge >= 0.3 is 5.69 Å². The number of aryl methyl sites for hydroxylation is 1. The maximum atomic E-state index is 12.5. The third-order valence-corrected chi connectivity index (χ3v) is 5.16. The first-order valence-corrected chi connectivity index (χ1v) is 9.94. The lowest BCUT2D eigenvalue weighted by Crippen LogP contribution is -2.23. The number of H-pyrrole nitrogens is 1. The molecule has 0 fully saturated rings. The van der Waals surface area contributed by atoms with Crippen LogP contribution in [-0.2, 0) is 6.54 Å². The molecule has 1 aromatic heterocycles. The van der Waals surface area contributed by atoms with E-state index in [1.165, 1.54) is 0 Å². The Kier molecular flexibility index (Phi) is 5.71. The number of aromatic nitrogens is 2. The molecule has 0 saturated carbocycles. The second-order valence-corrected chi connectivity index (χ2v) is 7.23. The van der Waals surface area contributed by atoms with Gasteiger partial charge in [0.15, 0.2) is 0 Å². The molecule has 1 amide bonds. The van der Waals surface area contributed by atoms with E-state index in [1.54, 1.807) is 42.1 Å². The van der Waals surface area contributed by atoms with Gasteiger partial charge in [-0.05, 0) is 60.0 Å². The van der Waals surface area contributed by atoms with Crippen LogP contribution in [0.15, 0.2) is 83.8 Å². The molecule has 6 nitrogen and oxygen atoms in total. The summed E-state index contributed by atoms with van der Waals surface area (Å²) in [6, 6.07) is 22.9. The van der Waals surface area contributed by atoms with Crippen molar-refractivity contribution in [2.24, 2.45) is 0 Å². The minimum absolute atomic E-state index is 0.165. The van der Waals surface area contributed by atoms with Gasteiger partial charge in [0.05, 0.1) is 12.8 Å². The molecule has 4 rings (SSSR count). The maximum Gasteiger partial charge on any atom is 0.330 e. The second-order valence-electron chi connectivity index (χ2n) is 7.23. The van der Waals surface area contributed by atoms with E-state index in [0.717, 1.165) is 28.1 Å². The van der Waals surface area contributed by atoms with Crippen molar-refractivity contribution in [2.45, 2.75) is 13.5 Å². The van der Waals surface area contributed by atoms with Crippen molar-refractivity contribution in [3.63, 3.8) is 0 Å². The van der Waals surface area contributed by atoms with Gasteiger partial charge in [0.2, 0.25) is 0 Å². The van der Waals surface area contributed by atoms with Crippen LogP contribution in [0.3, 0.4) is 0 Å². The number of carbonyl (C=O) groups is 1. The standard InChI is InChI=1S/C25H23N3O3/c1-17-15-27-25(30)28(17)22-12-10-20(11-13-22)24(29)26-16-18-6-8-19(9-7-18)21-4-3-5-23(14-21)31-2/h3-15H,16H2,1-2H3,(H,26,29)(H,27,30). The smallest absolute Gasteiger partial charge is 0.330 e. The minimum atomic E-state index is -0.202. The summed E-state index contributed by atoms with van der Waals surface area (Å²) in [5.41, 5.74) is 5.02. The third kappa shape index (κ3) is 4.43. The molecule has 31 heavy (non-hydrogen) atoms. The average molecular weight is 413 g/mol. The molecule has 0 aliphatic rings. The van der Waals surface area contributed by atoms with Crippen LogP contribution in [0.25, 0.3) is 16.8 Å². The lowest BCUT2D eigenvalue weighted by molar-refractivity contribution is 0.0951. The molecule has 0 saturated heterocycles. The molecule has 0 aliphatic carbocycles. The quantitative estimate of drug-likeness (QED) is 0.500. The number of nitrogens with zero attached hydrogens (tertiary/aromatic N) is 1. The zero-order valence-corrected chi connectivity index (χ0v) is 17.4. The number of rotatable bonds is 6. The van der Waals surface area contributed by atoms with Gasteiger partial charge in [-0.15, -0.1) is 0 Å². The lowest BCUT2D eigenvalue weighted by atomic mass is 10.0. The molecule has 3 aromatic carbocycles. The number of aromatic amines is 1. The predicted octanol–water partition coefficient (Wildman–Crippen LogP) is 4.08. The Bertz CT molecular complexity index is 1250. The number of hydrogen-bond acceptors (Lipinski definition) is 3. The van der Waals surface area contributed by atoms with E-state index in [9.17, 15) is 9.59 Å². The van der Waals surface area contributed by atoms with E-state index in [4.69, 9.17) is 4.74 Å². The number of ether oxygens (including phenoxy) is 1. The molecule has 0 atom stereocenters. The number of methoxy groups -OCH3 is 1. The fraction of sp³-hybridized carbons (Fsp3) is 0.120. The molecule has 0 radical (unpaired) electrons. The van der Waals surface area contributed by atoms with Crippen LogP contribution in [0, 0.1) is 6.92 Å². The van der Waals surface area contributed by atoms with Crippen LogP contribution in [0.1, 0.15) is 21.6 Å². The highest BCUT2D eigenvalue weighted by molar-refractivity contribution is 5.94. The second kappa shape index (κ2) is 8.75. The van der Waals surface area contributed by atoms with E-state index in [2.05, 4.69) is 10.3 Å². The average Bonchev–Trinajstić information content (AvgIpc) is 3.15. The molecule has 6 heteroatoms. The van der Waals surface area contributed by atoms with Crippen molar-refractivity contribution in [3.05, 3.63) is 106 Å². The fourth-order valence-electron chi connectivity index (χ4n) is 3.44. The van der Waals surface area contributed by atoms with Crippen LogP contribution in [-0.4, -0.2) is 22.6 Å². The third-order valence-electron chi connectivity index (χ3n) is 5.16. The normalized spacial score (nSPS) is 10.6. The molecular formula is C25H23N3O3. The van der Waals surface area contributed by atoms with Crippen molar-refractivity contribution >= 4 is 5.91 Å². The fourth-order valence-corrected chi connectivity index (χ4v) is 3.44. The lowest BCUT2D eigenvalue weighted by Gasteiger charge is -2.09. The summed E-state index contributed by atoms with van der Waals surface area (Å²) in [6.45, 7) is 2.27. The first kappa shape index (κ1) is 20.2. The van der Waals surface area contributed by atoms with Gasteiger partial charge in [-0.1, -0.05) is 36.4 Å². The molecule has 156 valence electrons. The Morgan fingerprint density at radius 3 is 2.39 bits per heavy atom. The summed E-state index contributed by atoms with van der Waals surface area (Å²) in [4.78, 5) is 27.0. The summed E-state index contributed by atoms with van der Waals surface area (Å²) in [5.74, 6) is 0.651. The summed E-state index contributed by atoms with van der Waals surface area (Å²) in [5, 5.41) is 2.94. The monoisotopic (exact) mass is 413 g/mol. The zero-order valence-electron chi connectivity index (χ0n) is 17.4. The van der Waals surface area contributed by atoms with E-state index < -0.39 is 0 Å². The van der Waals surface area contributed by atoms with Gasteiger partial charge in [0.1, 0.15) is 5.75 Å². The maximum absolute atomic E-state index is 12.5. The SMILES string of the molecule is COc1cccc(-c2ccc(CNC(=O)c3ccc(-n4c(C)c[nH]c4=O)cc3)cc2)c1. The van der Waals surface area contributed by atoms with Gasteiger partial charge in [-0.3, -0.25) is 9.36 Å². The summed E-state index contributed by atoms with van der Waals surface area (Å²) in [7, 11) is 1.65. The molecular weight excluding hydrogens is 390 g/mol. The van der Waals surface area contributed by atoms with Crippen LogP contribution < -0.4 is 15.7 Å². The number of imidazole rings is 1. The van der Waals surface area contributed by atoms with E-state index in [-0.39, 0.29) is 11.6 Å². The van der Waals surface area contributed by atoms with E-state index in [0.29, 0.717) is 17.8 Å². The molecule has 0 unspecified atom stereocenters. The summed E-state index contributed by atoms with van der Waals surface area (Å²) >= 11 is 0. The van der Waals surface area contributed by atoms with Gasteiger partial charge < -0.3 is 15.0 Å². The Morgan fingerprint density at radius 2 is 1.74 bits per heavy atom. The summed E-state index contributed by atoms with van der Waals surface area (Å²) in [6.07, 6.45) is 1.66. The number of hydrogen-bond donors (Lipinski definition) is 2. The Labute approximate surface area is 180 Å². The van der Waals surface area contributed by atoms with E-state index in [1.807, 2.05) is 55.5 Å². The van der Waals surface area contributed by atoms with Gasteiger partial charge in [0.25, 0.3) is 5.91 Å². The topological polar surface area (TPSA) is 76.1 Å². The molecule has 4 aromatic rings. The Morgan fingerprint density at radius 1 is 1.00 bits per heavy atom. The highest BCUT2D eigenvalue weighted by Gasteiger charge is 2.09. The van der Waals surface area contributed by atoms with Crippen molar-refractivity contribution in [1.82, 2.24) is 14.9 Å². The van der Waals surface area contributed by atoms with E-state index >= 15 is 0 Å². The van der Waals surface area contributed by atoms with Gasteiger partial charge in [0, 0.05) is 24.0 Å². The van der Waals surface area contributed by atoms with Crippen LogP contribution in [0.2, 0.25) is 0 Å². The predicted molar refractivity (Wildman–Crippen MR) is 121 cm³/mol. The van der Waals surface area contributed by atoms with Crippen molar-refractivity contribution in [3.8, 4) is 22.6 Å². The first-order valence-electron chi connectivity index (χ1n) is 9.94. The molecule has 0 aliphatic heterocycles. The van der Waals surface area contributed by atoms with Crippen LogP contribution in [0.5, 0.6) is 5.75 Å². The Hall–Kier alpha value is -4.06. The van der Waals surface area contributed by atoms with Crippen molar-refractivity contribution in [2.75, 3.05) is 7.11 Å². The Balaban J connectivity index is 1.40. The highest BCUT2D eigenvalue weighted by atomic mass is 16.5. The molecule has 0 spiro atoms. The van der Waals surface area contributed by atoms with Crippen molar-refractivity contribution in [1.29, 1.82) is 0 Å². The minimum Gasteiger partial charge on any atom is -0.497 e. The number of nitrogens with one attached hydrogen (secondary N) is 2. The zero-order chi connectivity index (χ0) is 21.8. The molecule has 0 bridgehead atoms. The number of benzene rings is 3. The molecule has 2 N–H and O–H groups in total. The number of carbonyl (C=O) groups excluding carboxylic acids is 1. The number of amides is 1. The van der Waals surface area contributed by atoms with Crippen LogP contribution in [0.4, 0.5) is 0 Å². The first-order chi connectivity index (χ1) is 15.0. The highest BCUT2D eigenvalue weighted by Crippen LogP contribution is 2.24. The van der Waals surface area contributed by atoms with Gasteiger partial charge in [-0.25, -0.2) is 4.79 Å². The molecule has 1 heterocycles. The van der Waals surface area contributed by atoms with Crippen LogP contribution >= 0.6 is 0 Å². The van der Waals surface area contributed by atoms with Crippen molar-refractivity contribution < 1.29 is 9.53 Å². The largest absolute Gasteiger partial charge is 0.497 e.